The molecular weight excluding hydrogens is 460 g/mol. The van der Waals surface area contributed by atoms with Crippen molar-refractivity contribution < 1.29 is 38.5 Å². The zero-order valence-corrected chi connectivity index (χ0v) is 19.5. The van der Waals surface area contributed by atoms with Gasteiger partial charge in [-0.2, -0.15) is 0 Å². The van der Waals surface area contributed by atoms with Crippen LogP contribution in [0.4, 0.5) is 5.69 Å². The molecule has 0 bridgehead atoms. The number of nitrogens with two attached hydrogens (primary N) is 1. The lowest BCUT2D eigenvalue weighted by atomic mass is 10.0. The summed E-state index contributed by atoms with van der Waals surface area (Å²) in [5.74, 6) is -1.38. The number of anilines is 1. The quantitative estimate of drug-likeness (QED) is 0.191. The molecule has 0 aromatic heterocycles. The van der Waals surface area contributed by atoms with Crippen LogP contribution in [0.3, 0.4) is 0 Å². The average Bonchev–Trinajstić information content (AvgIpc) is 3.17. The van der Waals surface area contributed by atoms with Gasteiger partial charge < -0.3 is 35.3 Å². The summed E-state index contributed by atoms with van der Waals surface area (Å²) in [5.41, 5.74) is 6.86. The van der Waals surface area contributed by atoms with Crippen LogP contribution in [0, 0.1) is 0 Å². The number of carbonyl (C=O) groups excluding carboxylic acids is 4. The van der Waals surface area contributed by atoms with Gasteiger partial charge >= 0.3 is 0 Å². The van der Waals surface area contributed by atoms with E-state index in [9.17, 15) is 24.3 Å². The van der Waals surface area contributed by atoms with E-state index >= 15 is 0 Å². The molecule has 3 rings (SSSR count). The Kier molecular flexibility index (Phi) is 10.1. The van der Waals surface area contributed by atoms with E-state index in [4.69, 9.17) is 19.9 Å². The van der Waals surface area contributed by atoms with Gasteiger partial charge in [-0.25, -0.2) is 0 Å². The number of aliphatic hydroxyl groups excluding tert-OH is 1. The van der Waals surface area contributed by atoms with Crippen LogP contribution in [0.2, 0.25) is 0 Å². The van der Waals surface area contributed by atoms with Crippen LogP contribution in [0.15, 0.2) is 18.2 Å². The number of ether oxygens (including phenoxy) is 3. The lowest BCUT2D eigenvalue weighted by Gasteiger charge is -2.29. The maximum absolute atomic E-state index is 12.9. The van der Waals surface area contributed by atoms with Crippen LogP contribution in [0.25, 0.3) is 0 Å². The maximum atomic E-state index is 12.9. The highest BCUT2D eigenvalue weighted by Gasteiger charge is 2.39. The van der Waals surface area contributed by atoms with E-state index in [2.05, 4.69) is 10.6 Å². The van der Waals surface area contributed by atoms with Gasteiger partial charge in [0.1, 0.15) is 6.04 Å². The summed E-state index contributed by atoms with van der Waals surface area (Å²) < 4.78 is 15.9. The number of fused-ring (bicyclic) bond motifs is 1. The first-order valence-electron chi connectivity index (χ1n) is 11.6. The van der Waals surface area contributed by atoms with E-state index < -0.39 is 18.1 Å². The molecule has 0 saturated carbocycles. The first-order valence-corrected chi connectivity index (χ1v) is 11.6. The number of imide groups is 1. The predicted molar refractivity (Wildman–Crippen MR) is 123 cm³/mol. The molecule has 4 amide bonds. The molecule has 2 heterocycles. The zero-order valence-electron chi connectivity index (χ0n) is 19.5. The number of carbonyl (C=O) groups is 4. The molecule has 1 aromatic rings. The summed E-state index contributed by atoms with van der Waals surface area (Å²) in [6.45, 7) is 2.04. The molecule has 12 heteroatoms. The zero-order chi connectivity index (χ0) is 25.2. The molecular formula is C23H32N4O8. The summed E-state index contributed by atoms with van der Waals surface area (Å²) >= 11 is 0. The summed E-state index contributed by atoms with van der Waals surface area (Å²) in [4.78, 5) is 50.3. The Morgan fingerprint density at radius 1 is 1.14 bits per heavy atom. The first-order chi connectivity index (χ1) is 16.9. The first kappa shape index (κ1) is 26.7. The Morgan fingerprint density at radius 3 is 2.57 bits per heavy atom. The van der Waals surface area contributed by atoms with Crippen molar-refractivity contribution in [3.8, 4) is 0 Å². The van der Waals surface area contributed by atoms with Crippen molar-refractivity contribution in [2.45, 2.75) is 38.0 Å². The fraction of sp³-hybridized carbons (Fsp3) is 0.565. The Morgan fingerprint density at radius 2 is 1.86 bits per heavy atom. The van der Waals surface area contributed by atoms with Gasteiger partial charge in [0.05, 0.1) is 52.2 Å². The fourth-order valence-electron chi connectivity index (χ4n) is 3.81. The summed E-state index contributed by atoms with van der Waals surface area (Å²) in [6.07, 6.45) is -0.101. The van der Waals surface area contributed by atoms with Gasteiger partial charge in [-0.1, -0.05) is 6.07 Å². The van der Waals surface area contributed by atoms with Crippen molar-refractivity contribution in [1.29, 1.82) is 0 Å². The van der Waals surface area contributed by atoms with E-state index in [1.54, 1.807) is 18.2 Å². The SMILES string of the molecule is NCC(O)COCCOCCOCCC(=O)Nc1cccc2c1CN(C1CCC(=O)NC1=O)C2=O. The van der Waals surface area contributed by atoms with Crippen LogP contribution in [0.5, 0.6) is 0 Å². The van der Waals surface area contributed by atoms with Crippen LogP contribution >= 0.6 is 0 Å². The monoisotopic (exact) mass is 492 g/mol. The van der Waals surface area contributed by atoms with Crippen molar-refractivity contribution in [2.24, 2.45) is 5.73 Å². The van der Waals surface area contributed by atoms with Crippen LogP contribution in [-0.2, 0) is 35.1 Å². The molecule has 192 valence electrons. The average molecular weight is 493 g/mol. The largest absolute Gasteiger partial charge is 0.389 e. The Bertz CT molecular complexity index is 925. The molecule has 0 spiro atoms. The lowest BCUT2D eigenvalue weighted by Crippen LogP contribution is -2.52. The van der Waals surface area contributed by atoms with Gasteiger partial charge in [-0.15, -0.1) is 0 Å². The highest BCUT2D eigenvalue weighted by atomic mass is 16.5. The number of rotatable bonds is 14. The smallest absolute Gasteiger partial charge is 0.255 e. The third kappa shape index (κ3) is 7.54. The van der Waals surface area contributed by atoms with E-state index in [0.29, 0.717) is 43.2 Å². The maximum Gasteiger partial charge on any atom is 0.255 e. The number of nitrogens with one attached hydrogen (secondary N) is 2. The minimum absolute atomic E-state index is 0.120. The molecule has 2 unspecified atom stereocenters. The minimum Gasteiger partial charge on any atom is -0.389 e. The van der Waals surface area contributed by atoms with Gasteiger partial charge in [-0.05, 0) is 18.6 Å². The van der Waals surface area contributed by atoms with Crippen molar-refractivity contribution in [2.75, 3.05) is 51.5 Å². The van der Waals surface area contributed by atoms with Gasteiger partial charge in [0.2, 0.25) is 17.7 Å². The summed E-state index contributed by atoms with van der Waals surface area (Å²) in [7, 11) is 0. The number of hydrogen-bond acceptors (Lipinski definition) is 9. The summed E-state index contributed by atoms with van der Waals surface area (Å²) in [5, 5.41) is 14.3. The highest BCUT2D eigenvalue weighted by Crippen LogP contribution is 2.32. The molecule has 2 aliphatic rings. The molecule has 1 fully saturated rings. The second kappa shape index (κ2) is 13.3. The highest BCUT2D eigenvalue weighted by molar-refractivity contribution is 6.06. The van der Waals surface area contributed by atoms with Gasteiger partial charge in [0.15, 0.2) is 0 Å². The molecule has 2 aliphatic heterocycles. The number of hydrogen-bond donors (Lipinski definition) is 4. The van der Waals surface area contributed by atoms with Crippen LogP contribution < -0.4 is 16.4 Å². The third-order valence-corrected chi connectivity index (χ3v) is 5.66. The molecule has 0 aliphatic carbocycles. The number of benzene rings is 1. The number of amides is 4. The minimum atomic E-state index is -0.712. The van der Waals surface area contributed by atoms with Crippen molar-refractivity contribution in [3.63, 3.8) is 0 Å². The molecule has 1 saturated heterocycles. The fourth-order valence-corrected chi connectivity index (χ4v) is 3.81. The van der Waals surface area contributed by atoms with Gasteiger partial charge in [0.25, 0.3) is 5.91 Å². The van der Waals surface area contributed by atoms with Crippen molar-refractivity contribution >= 4 is 29.3 Å². The second-order valence-corrected chi connectivity index (χ2v) is 8.22. The summed E-state index contributed by atoms with van der Waals surface area (Å²) in [6, 6.07) is 4.33. The van der Waals surface area contributed by atoms with E-state index in [0.717, 1.165) is 0 Å². The molecule has 12 nitrogen and oxygen atoms in total. The van der Waals surface area contributed by atoms with Crippen molar-refractivity contribution in [1.82, 2.24) is 10.2 Å². The number of piperidine rings is 1. The van der Waals surface area contributed by atoms with Crippen LogP contribution in [0.1, 0.15) is 35.2 Å². The number of nitrogens with zero attached hydrogens (tertiary/aromatic N) is 1. The molecule has 1 aromatic carbocycles. The molecule has 35 heavy (non-hydrogen) atoms. The Balaban J connectivity index is 1.37. The second-order valence-electron chi connectivity index (χ2n) is 8.22. The standard InChI is InChI=1S/C23H32N4O8/c24-12-15(28)14-35-11-10-34-9-8-33-7-6-21(30)25-18-3-1-2-16-17(18)13-27(23(16)32)19-4-5-20(29)26-22(19)31/h1-3,15,19,28H,4-14,24H2,(H,25,30)(H,26,29,31). The van der Waals surface area contributed by atoms with Gasteiger partial charge in [-0.3, -0.25) is 24.5 Å². The van der Waals surface area contributed by atoms with E-state index in [1.807, 2.05) is 0 Å². The van der Waals surface area contributed by atoms with E-state index in [-0.39, 0.29) is 63.3 Å². The van der Waals surface area contributed by atoms with E-state index in [1.165, 1.54) is 4.90 Å². The Hall–Kier alpha value is -2.90. The molecule has 5 N–H and O–H groups in total. The third-order valence-electron chi connectivity index (χ3n) is 5.66. The van der Waals surface area contributed by atoms with Crippen LogP contribution in [-0.4, -0.2) is 92.0 Å². The Labute approximate surface area is 203 Å². The topological polar surface area (TPSA) is 170 Å². The normalized spacial score (nSPS) is 18.4. The number of aliphatic hydroxyl groups is 1. The van der Waals surface area contributed by atoms with Crippen molar-refractivity contribution in [3.05, 3.63) is 29.3 Å². The molecule has 0 radical (unpaired) electrons. The lowest BCUT2D eigenvalue weighted by molar-refractivity contribution is -0.137. The molecule has 2 atom stereocenters. The van der Waals surface area contributed by atoms with Gasteiger partial charge in [0, 0.05) is 36.3 Å². The predicted octanol–water partition coefficient (Wildman–Crippen LogP) is -0.854.